The molecule has 1 rings (SSSR count). The highest BCUT2D eigenvalue weighted by molar-refractivity contribution is 6.33. The normalized spacial score (nSPS) is 13.3. The van der Waals surface area contributed by atoms with Gasteiger partial charge >= 0.3 is 0 Å². The molecule has 1 aromatic rings. The van der Waals surface area contributed by atoms with Crippen molar-refractivity contribution in [3.8, 4) is 0 Å². The van der Waals surface area contributed by atoms with Gasteiger partial charge in [-0.3, -0.25) is 0 Å². The highest BCUT2D eigenvalue weighted by atomic mass is 35.5. The van der Waals surface area contributed by atoms with Crippen LogP contribution < -0.4 is 10.2 Å². The Labute approximate surface area is 128 Å². The summed E-state index contributed by atoms with van der Waals surface area (Å²) in [6, 6.07) is 2.46. The summed E-state index contributed by atoms with van der Waals surface area (Å²) < 4.78 is 0. The molecule has 0 aromatic carbocycles. The summed E-state index contributed by atoms with van der Waals surface area (Å²) in [7, 11) is 2.06. The van der Waals surface area contributed by atoms with Gasteiger partial charge in [0, 0.05) is 31.4 Å². The summed E-state index contributed by atoms with van der Waals surface area (Å²) in [4.78, 5) is 6.70. The zero-order valence-corrected chi connectivity index (χ0v) is 14.4. The van der Waals surface area contributed by atoms with Gasteiger partial charge in [0.1, 0.15) is 5.82 Å². The van der Waals surface area contributed by atoms with Crippen LogP contribution in [0.15, 0.2) is 12.3 Å². The quantitative estimate of drug-likeness (QED) is 0.851. The van der Waals surface area contributed by atoms with Gasteiger partial charge in [-0.1, -0.05) is 24.9 Å². The van der Waals surface area contributed by atoms with Crippen molar-refractivity contribution >= 4 is 17.4 Å². The maximum absolute atomic E-state index is 6.39. The Morgan fingerprint density at radius 1 is 1.40 bits per heavy atom. The minimum Gasteiger partial charge on any atom is -0.356 e. The Morgan fingerprint density at radius 3 is 2.55 bits per heavy atom. The second kappa shape index (κ2) is 7.28. The van der Waals surface area contributed by atoms with E-state index in [9.17, 15) is 0 Å². The molecule has 0 saturated carbocycles. The minimum atomic E-state index is 0.0948. The number of hydrogen-bond acceptors (Lipinski definition) is 3. The molecule has 1 heterocycles. The molecule has 0 amide bonds. The fourth-order valence-corrected chi connectivity index (χ4v) is 2.34. The third-order valence-corrected chi connectivity index (χ3v) is 3.68. The zero-order chi connectivity index (χ0) is 15.3. The molecule has 1 N–H and O–H groups in total. The van der Waals surface area contributed by atoms with Gasteiger partial charge in [-0.2, -0.15) is 0 Å². The van der Waals surface area contributed by atoms with Gasteiger partial charge < -0.3 is 10.2 Å². The van der Waals surface area contributed by atoms with E-state index in [-0.39, 0.29) is 5.54 Å². The van der Waals surface area contributed by atoms with Crippen LogP contribution in [0.5, 0.6) is 0 Å². The SMILES string of the molecule is CCCC(C)N(C)c1ncc(CNC(C)(C)C)cc1Cl. The fraction of sp³-hybridized carbons (Fsp3) is 0.688. The van der Waals surface area contributed by atoms with Crippen LogP contribution in [0.4, 0.5) is 5.82 Å². The standard InChI is InChI=1S/C16H28ClN3/c1-7-8-12(2)20(6)15-14(17)9-13(10-18-15)11-19-16(3,4)5/h9-10,12,19H,7-8,11H2,1-6H3. The summed E-state index contributed by atoms with van der Waals surface area (Å²) in [5, 5.41) is 4.17. The maximum Gasteiger partial charge on any atom is 0.147 e. The molecule has 114 valence electrons. The molecule has 0 spiro atoms. The lowest BCUT2D eigenvalue weighted by atomic mass is 10.1. The molecule has 4 heteroatoms. The lowest BCUT2D eigenvalue weighted by Gasteiger charge is -2.27. The number of hydrogen-bond donors (Lipinski definition) is 1. The second-order valence-electron chi connectivity index (χ2n) is 6.50. The Morgan fingerprint density at radius 2 is 2.05 bits per heavy atom. The van der Waals surface area contributed by atoms with Crippen molar-refractivity contribution in [2.75, 3.05) is 11.9 Å². The topological polar surface area (TPSA) is 28.2 Å². The third-order valence-electron chi connectivity index (χ3n) is 3.40. The van der Waals surface area contributed by atoms with E-state index >= 15 is 0 Å². The van der Waals surface area contributed by atoms with Crippen LogP contribution in [-0.4, -0.2) is 23.6 Å². The van der Waals surface area contributed by atoms with Crippen LogP contribution in [0.1, 0.15) is 53.0 Å². The van der Waals surface area contributed by atoms with E-state index < -0.39 is 0 Å². The first-order valence-corrected chi connectivity index (χ1v) is 7.74. The molecule has 1 unspecified atom stereocenters. The van der Waals surface area contributed by atoms with Crippen LogP contribution >= 0.6 is 11.6 Å². The number of pyridine rings is 1. The third kappa shape index (κ3) is 5.29. The fourth-order valence-electron chi connectivity index (χ4n) is 2.01. The van der Waals surface area contributed by atoms with Gasteiger partial charge in [-0.25, -0.2) is 4.98 Å². The highest BCUT2D eigenvalue weighted by Gasteiger charge is 2.15. The predicted molar refractivity (Wildman–Crippen MR) is 88.6 cm³/mol. The largest absolute Gasteiger partial charge is 0.356 e. The smallest absolute Gasteiger partial charge is 0.147 e. The van der Waals surface area contributed by atoms with Crippen LogP contribution in [0.3, 0.4) is 0 Å². The molecule has 0 aliphatic heterocycles. The molecule has 0 saturated heterocycles. The van der Waals surface area contributed by atoms with Crippen molar-refractivity contribution in [2.45, 2.75) is 65.6 Å². The second-order valence-corrected chi connectivity index (χ2v) is 6.91. The lowest BCUT2D eigenvalue weighted by Crippen LogP contribution is -2.35. The van der Waals surface area contributed by atoms with E-state index in [2.05, 4.69) is 56.9 Å². The summed E-state index contributed by atoms with van der Waals surface area (Å²) in [5.74, 6) is 0.868. The van der Waals surface area contributed by atoms with Gasteiger partial charge in [-0.05, 0) is 45.7 Å². The molecule has 1 aromatic heterocycles. The van der Waals surface area contributed by atoms with Crippen molar-refractivity contribution in [3.05, 3.63) is 22.8 Å². The van der Waals surface area contributed by atoms with Crippen LogP contribution in [0.25, 0.3) is 0 Å². The van der Waals surface area contributed by atoms with Crippen molar-refractivity contribution in [1.82, 2.24) is 10.3 Å². The molecular formula is C16H28ClN3. The first kappa shape index (κ1) is 17.3. The van der Waals surface area contributed by atoms with Crippen LogP contribution in [0.2, 0.25) is 5.02 Å². The monoisotopic (exact) mass is 297 g/mol. The number of halogens is 1. The molecule has 1 atom stereocenters. The summed E-state index contributed by atoms with van der Waals surface area (Å²) >= 11 is 6.39. The average Bonchev–Trinajstić information content (AvgIpc) is 2.35. The highest BCUT2D eigenvalue weighted by Crippen LogP contribution is 2.25. The number of nitrogens with zero attached hydrogens (tertiary/aromatic N) is 2. The van der Waals surface area contributed by atoms with E-state index in [1.807, 2.05) is 12.3 Å². The van der Waals surface area contributed by atoms with E-state index in [0.29, 0.717) is 6.04 Å². The molecule has 0 aliphatic rings. The minimum absolute atomic E-state index is 0.0948. The zero-order valence-electron chi connectivity index (χ0n) is 13.6. The number of rotatable bonds is 6. The van der Waals surface area contributed by atoms with Crippen molar-refractivity contribution < 1.29 is 0 Å². The Balaban J connectivity index is 2.77. The molecular weight excluding hydrogens is 270 g/mol. The summed E-state index contributed by atoms with van der Waals surface area (Å²) in [6.45, 7) is 11.6. The van der Waals surface area contributed by atoms with E-state index in [1.54, 1.807) is 0 Å². The van der Waals surface area contributed by atoms with E-state index in [4.69, 9.17) is 11.6 Å². The van der Waals surface area contributed by atoms with Crippen LogP contribution in [-0.2, 0) is 6.54 Å². The van der Waals surface area contributed by atoms with Gasteiger partial charge in [-0.15, -0.1) is 0 Å². The Hall–Kier alpha value is -0.800. The van der Waals surface area contributed by atoms with Gasteiger partial charge in [0.25, 0.3) is 0 Å². The molecule has 3 nitrogen and oxygen atoms in total. The van der Waals surface area contributed by atoms with Crippen molar-refractivity contribution in [2.24, 2.45) is 0 Å². The summed E-state index contributed by atoms with van der Waals surface area (Å²) in [5.41, 5.74) is 1.21. The van der Waals surface area contributed by atoms with E-state index in [0.717, 1.165) is 35.8 Å². The number of aromatic nitrogens is 1. The number of anilines is 1. The maximum atomic E-state index is 6.39. The molecule has 0 radical (unpaired) electrons. The first-order valence-electron chi connectivity index (χ1n) is 7.37. The van der Waals surface area contributed by atoms with Crippen LogP contribution in [0, 0.1) is 0 Å². The molecule has 0 fully saturated rings. The van der Waals surface area contributed by atoms with Gasteiger partial charge in [0.2, 0.25) is 0 Å². The van der Waals surface area contributed by atoms with Crippen molar-refractivity contribution in [1.29, 1.82) is 0 Å². The predicted octanol–water partition coefficient (Wildman–Crippen LogP) is 4.25. The molecule has 20 heavy (non-hydrogen) atoms. The Kier molecular flexibility index (Phi) is 6.28. The average molecular weight is 298 g/mol. The molecule has 0 aliphatic carbocycles. The van der Waals surface area contributed by atoms with Gasteiger partial charge in [0.15, 0.2) is 0 Å². The Bertz CT molecular complexity index is 426. The first-order chi connectivity index (χ1) is 9.24. The summed E-state index contributed by atoms with van der Waals surface area (Å²) in [6.07, 6.45) is 4.22. The van der Waals surface area contributed by atoms with Crippen molar-refractivity contribution in [3.63, 3.8) is 0 Å². The number of nitrogens with one attached hydrogen (secondary N) is 1. The van der Waals surface area contributed by atoms with E-state index in [1.165, 1.54) is 0 Å². The molecule has 0 bridgehead atoms. The lowest BCUT2D eigenvalue weighted by molar-refractivity contribution is 0.424. The van der Waals surface area contributed by atoms with Gasteiger partial charge in [0.05, 0.1) is 5.02 Å².